The zero-order chi connectivity index (χ0) is 13.8. The number of hydrogen-bond acceptors (Lipinski definition) is 3. The van der Waals surface area contributed by atoms with E-state index in [0.29, 0.717) is 18.4 Å². The molecule has 1 amide bonds. The summed E-state index contributed by atoms with van der Waals surface area (Å²) in [4.78, 5) is 17.1. The highest BCUT2D eigenvalue weighted by molar-refractivity contribution is 5.77. The first-order valence-electron chi connectivity index (χ1n) is 8.58. The first-order chi connectivity index (χ1) is 9.83. The van der Waals surface area contributed by atoms with Crippen molar-refractivity contribution in [2.45, 2.75) is 63.5 Å². The second kappa shape index (κ2) is 6.90. The van der Waals surface area contributed by atoms with E-state index in [2.05, 4.69) is 15.1 Å². The maximum Gasteiger partial charge on any atom is 0.224 e. The van der Waals surface area contributed by atoms with Crippen LogP contribution in [0.5, 0.6) is 0 Å². The Hall–Kier alpha value is -0.610. The van der Waals surface area contributed by atoms with Gasteiger partial charge in [-0.05, 0) is 58.2 Å². The van der Waals surface area contributed by atoms with Gasteiger partial charge in [-0.15, -0.1) is 0 Å². The topological polar surface area (TPSA) is 35.6 Å². The van der Waals surface area contributed by atoms with Gasteiger partial charge in [0.15, 0.2) is 0 Å². The van der Waals surface area contributed by atoms with Crippen LogP contribution in [-0.4, -0.2) is 60.5 Å². The summed E-state index contributed by atoms with van der Waals surface area (Å²) in [7, 11) is 0. The molecule has 4 heteroatoms. The smallest absolute Gasteiger partial charge is 0.224 e. The van der Waals surface area contributed by atoms with Crippen LogP contribution in [0, 0.1) is 0 Å². The standard InChI is InChI=1S/C16H29N3O/c20-16(13-14-5-4-8-17-14)19-11-6-15(7-12-19)18-9-2-1-3-10-18/h14-15,17H,1-13H2. The average molecular weight is 279 g/mol. The van der Waals surface area contributed by atoms with Gasteiger partial charge in [0, 0.05) is 31.6 Å². The molecule has 20 heavy (non-hydrogen) atoms. The van der Waals surface area contributed by atoms with Gasteiger partial charge in [0.2, 0.25) is 5.91 Å². The zero-order valence-electron chi connectivity index (χ0n) is 12.6. The van der Waals surface area contributed by atoms with Gasteiger partial charge in [-0.25, -0.2) is 0 Å². The molecule has 0 bridgehead atoms. The van der Waals surface area contributed by atoms with Gasteiger partial charge in [-0.1, -0.05) is 6.42 Å². The van der Waals surface area contributed by atoms with Crippen molar-refractivity contribution in [1.29, 1.82) is 0 Å². The summed E-state index contributed by atoms with van der Waals surface area (Å²) in [6, 6.07) is 1.19. The second-order valence-corrected chi connectivity index (χ2v) is 6.71. The molecule has 0 aromatic rings. The van der Waals surface area contributed by atoms with Gasteiger partial charge in [0.25, 0.3) is 0 Å². The van der Waals surface area contributed by atoms with E-state index in [0.717, 1.165) is 25.7 Å². The van der Waals surface area contributed by atoms with Crippen molar-refractivity contribution < 1.29 is 4.79 Å². The lowest BCUT2D eigenvalue weighted by Crippen LogP contribution is -2.48. The first kappa shape index (κ1) is 14.3. The molecular formula is C16H29N3O. The van der Waals surface area contributed by atoms with Crippen LogP contribution in [-0.2, 0) is 4.79 Å². The van der Waals surface area contributed by atoms with Gasteiger partial charge in [-0.2, -0.15) is 0 Å². The van der Waals surface area contributed by atoms with E-state index < -0.39 is 0 Å². The predicted octanol–water partition coefficient (Wildman–Crippen LogP) is 1.61. The molecule has 4 nitrogen and oxygen atoms in total. The molecule has 3 aliphatic rings. The largest absolute Gasteiger partial charge is 0.343 e. The monoisotopic (exact) mass is 279 g/mol. The predicted molar refractivity (Wildman–Crippen MR) is 80.7 cm³/mol. The van der Waals surface area contributed by atoms with Crippen LogP contribution in [0.1, 0.15) is 51.4 Å². The molecule has 3 fully saturated rings. The minimum atomic E-state index is 0.376. The lowest BCUT2D eigenvalue weighted by molar-refractivity contribution is -0.133. The van der Waals surface area contributed by atoms with Gasteiger partial charge in [0.05, 0.1) is 0 Å². The Morgan fingerprint density at radius 1 is 0.950 bits per heavy atom. The molecular weight excluding hydrogens is 250 g/mol. The van der Waals surface area contributed by atoms with E-state index in [4.69, 9.17) is 0 Å². The van der Waals surface area contributed by atoms with Crippen LogP contribution < -0.4 is 5.32 Å². The van der Waals surface area contributed by atoms with Crippen molar-refractivity contribution in [1.82, 2.24) is 15.1 Å². The van der Waals surface area contributed by atoms with Crippen molar-refractivity contribution in [2.24, 2.45) is 0 Å². The summed E-state index contributed by atoms with van der Waals surface area (Å²) in [5.74, 6) is 0.376. The second-order valence-electron chi connectivity index (χ2n) is 6.71. The first-order valence-corrected chi connectivity index (χ1v) is 8.58. The fraction of sp³-hybridized carbons (Fsp3) is 0.938. The minimum absolute atomic E-state index is 0.376. The molecule has 3 saturated heterocycles. The van der Waals surface area contributed by atoms with E-state index in [1.165, 1.54) is 58.0 Å². The Balaban J connectivity index is 1.41. The zero-order valence-corrected chi connectivity index (χ0v) is 12.6. The number of rotatable bonds is 3. The third-order valence-corrected chi connectivity index (χ3v) is 5.31. The maximum atomic E-state index is 12.3. The number of carbonyl (C=O) groups is 1. The van der Waals surface area contributed by atoms with E-state index in [9.17, 15) is 4.79 Å². The van der Waals surface area contributed by atoms with Crippen molar-refractivity contribution in [3.63, 3.8) is 0 Å². The van der Waals surface area contributed by atoms with Crippen LogP contribution in [0.4, 0.5) is 0 Å². The summed E-state index contributed by atoms with van der Waals surface area (Å²) >= 11 is 0. The van der Waals surface area contributed by atoms with Gasteiger partial charge in [-0.3, -0.25) is 4.79 Å². The van der Waals surface area contributed by atoms with E-state index in [-0.39, 0.29) is 0 Å². The van der Waals surface area contributed by atoms with Crippen LogP contribution in [0.25, 0.3) is 0 Å². The maximum absolute atomic E-state index is 12.3. The highest BCUT2D eigenvalue weighted by atomic mass is 16.2. The summed E-state index contributed by atoms with van der Waals surface area (Å²) in [5, 5.41) is 3.43. The molecule has 0 radical (unpaired) electrons. The lowest BCUT2D eigenvalue weighted by atomic mass is 9.99. The van der Waals surface area contributed by atoms with E-state index >= 15 is 0 Å². The Kier molecular flexibility index (Phi) is 4.94. The van der Waals surface area contributed by atoms with Gasteiger partial charge < -0.3 is 15.1 Å². The molecule has 3 aliphatic heterocycles. The minimum Gasteiger partial charge on any atom is -0.343 e. The SMILES string of the molecule is O=C(CC1CCCN1)N1CCC(N2CCCCC2)CC1. The highest BCUT2D eigenvalue weighted by Crippen LogP contribution is 2.21. The quantitative estimate of drug-likeness (QED) is 0.852. The third kappa shape index (κ3) is 3.53. The van der Waals surface area contributed by atoms with E-state index in [1.807, 2.05) is 0 Å². The molecule has 3 rings (SSSR count). The number of likely N-dealkylation sites (tertiary alicyclic amines) is 2. The summed E-state index contributed by atoms with van der Waals surface area (Å²) in [6.45, 7) is 5.61. The summed E-state index contributed by atoms with van der Waals surface area (Å²) < 4.78 is 0. The molecule has 1 unspecified atom stereocenters. The van der Waals surface area contributed by atoms with E-state index in [1.54, 1.807) is 0 Å². The van der Waals surface area contributed by atoms with Crippen molar-refractivity contribution >= 4 is 5.91 Å². The molecule has 114 valence electrons. The molecule has 0 aromatic heterocycles. The number of carbonyl (C=O) groups excluding carboxylic acids is 1. The fourth-order valence-electron chi connectivity index (χ4n) is 4.03. The number of nitrogens with one attached hydrogen (secondary N) is 1. The van der Waals surface area contributed by atoms with Crippen LogP contribution in [0.15, 0.2) is 0 Å². The number of hydrogen-bond donors (Lipinski definition) is 1. The number of piperidine rings is 2. The number of amides is 1. The molecule has 1 N–H and O–H groups in total. The average Bonchev–Trinajstić information content (AvgIpc) is 3.01. The Morgan fingerprint density at radius 2 is 1.70 bits per heavy atom. The van der Waals surface area contributed by atoms with Gasteiger partial charge in [0.1, 0.15) is 0 Å². The molecule has 3 heterocycles. The number of nitrogens with zero attached hydrogens (tertiary/aromatic N) is 2. The van der Waals surface area contributed by atoms with Crippen molar-refractivity contribution in [3.8, 4) is 0 Å². The van der Waals surface area contributed by atoms with Crippen LogP contribution >= 0.6 is 0 Å². The van der Waals surface area contributed by atoms with Gasteiger partial charge >= 0.3 is 0 Å². The Labute approximate surface area is 122 Å². The molecule has 1 atom stereocenters. The normalized spacial score (nSPS) is 29.8. The highest BCUT2D eigenvalue weighted by Gasteiger charge is 2.28. The van der Waals surface area contributed by atoms with Crippen molar-refractivity contribution in [3.05, 3.63) is 0 Å². The summed E-state index contributed by atoms with van der Waals surface area (Å²) in [6.07, 6.45) is 9.63. The third-order valence-electron chi connectivity index (χ3n) is 5.31. The van der Waals surface area contributed by atoms with Crippen molar-refractivity contribution in [2.75, 3.05) is 32.7 Å². The molecule has 0 aromatic carbocycles. The van der Waals surface area contributed by atoms with Crippen LogP contribution in [0.3, 0.4) is 0 Å². The molecule has 0 spiro atoms. The molecule has 0 aliphatic carbocycles. The molecule has 0 saturated carbocycles. The fourth-order valence-corrected chi connectivity index (χ4v) is 4.03. The Morgan fingerprint density at radius 3 is 2.35 bits per heavy atom. The van der Waals surface area contributed by atoms with Crippen LogP contribution in [0.2, 0.25) is 0 Å². The Bertz CT molecular complexity index is 314. The lowest BCUT2D eigenvalue weighted by Gasteiger charge is -2.40. The summed E-state index contributed by atoms with van der Waals surface area (Å²) in [5.41, 5.74) is 0.